The molecule has 0 saturated heterocycles. The maximum atomic E-state index is 11.5. The minimum absolute atomic E-state index is 0.00651. The van der Waals surface area contributed by atoms with Crippen LogP contribution in [-0.4, -0.2) is 28.7 Å². The van der Waals surface area contributed by atoms with E-state index in [1.54, 1.807) is 0 Å². The molecule has 0 radical (unpaired) electrons. The van der Waals surface area contributed by atoms with E-state index in [9.17, 15) is 20.0 Å². The fourth-order valence-electron chi connectivity index (χ4n) is 1.46. The van der Waals surface area contributed by atoms with Gasteiger partial charge in [0, 0.05) is 18.3 Å². The second-order valence-electron chi connectivity index (χ2n) is 4.15. The van der Waals surface area contributed by atoms with Crippen molar-refractivity contribution in [1.29, 1.82) is 0 Å². The van der Waals surface area contributed by atoms with Gasteiger partial charge in [0.1, 0.15) is 5.02 Å². The number of benzene rings is 1. The number of nitro benzene ring substituents is 1. The number of carbonyl (C=O) groups is 1. The molecule has 0 aliphatic rings. The van der Waals surface area contributed by atoms with Crippen molar-refractivity contribution in [3.05, 3.63) is 33.3 Å². The van der Waals surface area contributed by atoms with E-state index in [-0.39, 0.29) is 16.4 Å². The number of anilines is 1. The Hall–Kier alpha value is -1.86. The SMILES string of the molecule is CCC(O)CCNC(=O)Nc1ccc(Cl)c([N+](=O)[O-])c1. The van der Waals surface area contributed by atoms with E-state index in [2.05, 4.69) is 10.6 Å². The molecular weight excluding hydrogens is 286 g/mol. The minimum Gasteiger partial charge on any atom is -0.393 e. The zero-order valence-electron chi connectivity index (χ0n) is 10.9. The van der Waals surface area contributed by atoms with E-state index in [1.807, 2.05) is 6.92 Å². The van der Waals surface area contributed by atoms with Crippen molar-refractivity contribution < 1.29 is 14.8 Å². The Morgan fingerprint density at radius 3 is 2.85 bits per heavy atom. The molecule has 110 valence electrons. The second-order valence-corrected chi connectivity index (χ2v) is 4.56. The predicted molar refractivity (Wildman–Crippen MR) is 76.0 cm³/mol. The number of nitrogens with zero attached hydrogens (tertiary/aromatic N) is 1. The smallest absolute Gasteiger partial charge is 0.319 e. The molecule has 1 aromatic rings. The highest BCUT2D eigenvalue weighted by Crippen LogP contribution is 2.27. The first-order chi connectivity index (χ1) is 9.43. The van der Waals surface area contributed by atoms with Crippen molar-refractivity contribution in [3.63, 3.8) is 0 Å². The van der Waals surface area contributed by atoms with E-state index in [1.165, 1.54) is 18.2 Å². The third kappa shape index (κ3) is 5.02. The first kappa shape index (κ1) is 16.2. The molecule has 0 aliphatic carbocycles. The minimum atomic E-state index is -0.622. The van der Waals surface area contributed by atoms with Crippen molar-refractivity contribution >= 4 is 29.0 Å². The molecule has 0 aliphatic heterocycles. The average Bonchev–Trinajstić information content (AvgIpc) is 2.40. The van der Waals surface area contributed by atoms with Crippen LogP contribution in [0.1, 0.15) is 19.8 Å². The number of carbonyl (C=O) groups excluding carboxylic acids is 1. The molecule has 0 saturated carbocycles. The molecule has 3 N–H and O–H groups in total. The highest BCUT2D eigenvalue weighted by Gasteiger charge is 2.13. The summed E-state index contributed by atoms with van der Waals surface area (Å²) in [5, 5.41) is 25.0. The van der Waals surface area contributed by atoms with Crippen molar-refractivity contribution in [2.45, 2.75) is 25.9 Å². The van der Waals surface area contributed by atoms with Gasteiger partial charge in [0.05, 0.1) is 11.0 Å². The predicted octanol–water partition coefficient (Wildman–Crippen LogP) is 2.53. The lowest BCUT2D eigenvalue weighted by Crippen LogP contribution is -2.31. The van der Waals surface area contributed by atoms with Gasteiger partial charge in [0.25, 0.3) is 5.69 Å². The summed E-state index contributed by atoms with van der Waals surface area (Å²) in [6.07, 6.45) is 0.615. The summed E-state index contributed by atoms with van der Waals surface area (Å²) in [6.45, 7) is 2.16. The van der Waals surface area contributed by atoms with Crippen LogP contribution in [-0.2, 0) is 0 Å². The molecule has 20 heavy (non-hydrogen) atoms. The average molecular weight is 302 g/mol. The molecule has 7 nitrogen and oxygen atoms in total. The Kier molecular flexibility index (Phi) is 6.20. The number of aliphatic hydroxyl groups excluding tert-OH is 1. The lowest BCUT2D eigenvalue weighted by Gasteiger charge is -2.10. The van der Waals surface area contributed by atoms with Crippen LogP contribution in [0, 0.1) is 10.1 Å². The highest BCUT2D eigenvalue weighted by molar-refractivity contribution is 6.32. The van der Waals surface area contributed by atoms with Crippen molar-refractivity contribution in [2.75, 3.05) is 11.9 Å². The Morgan fingerprint density at radius 2 is 2.25 bits per heavy atom. The number of rotatable bonds is 6. The first-order valence-corrected chi connectivity index (χ1v) is 6.48. The van der Waals surface area contributed by atoms with Gasteiger partial charge in [-0.3, -0.25) is 10.1 Å². The van der Waals surface area contributed by atoms with Crippen LogP contribution in [0.4, 0.5) is 16.2 Å². The van der Waals surface area contributed by atoms with Gasteiger partial charge in [0.2, 0.25) is 0 Å². The third-order valence-corrected chi connectivity index (χ3v) is 2.95. The maximum Gasteiger partial charge on any atom is 0.319 e. The topological polar surface area (TPSA) is 104 Å². The van der Waals surface area contributed by atoms with Crippen LogP contribution in [0.15, 0.2) is 18.2 Å². The van der Waals surface area contributed by atoms with Crippen LogP contribution in [0.5, 0.6) is 0 Å². The number of nitrogens with one attached hydrogen (secondary N) is 2. The van der Waals surface area contributed by atoms with Gasteiger partial charge in [-0.25, -0.2) is 4.79 Å². The first-order valence-electron chi connectivity index (χ1n) is 6.11. The zero-order valence-corrected chi connectivity index (χ0v) is 11.7. The Balaban J connectivity index is 2.54. The van der Waals surface area contributed by atoms with Gasteiger partial charge < -0.3 is 15.7 Å². The molecule has 0 bridgehead atoms. The number of nitro groups is 1. The standard InChI is InChI=1S/C12H16ClN3O4/c1-2-9(17)5-6-14-12(18)15-8-3-4-10(13)11(7-8)16(19)20/h3-4,7,9,17H,2,5-6H2,1H3,(H2,14,15,18). The van der Waals surface area contributed by atoms with Gasteiger partial charge in [0.15, 0.2) is 0 Å². The van der Waals surface area contributed by atoms with Gasteiger partial charge in [-0.05, 0) is 25.0 Å². The Morgan fingerprint density at radius 1 is 1.55 bits per heavy atom. The molecule has 0 aromatic heterocycles. The second kappa shape index (κ2) is 7.66. The van der Waals surface area contributed by atoms with E-state index in [0.717, 1.165) is 0 Å². The van der Waals surface area contributed by atoms with Gasteiger partial charge in [-0.1, -0.05) is 18.5 Å². The summed E-state index contributed by atoms with van der Waals surface area (Å²) >= 11 is 5.66. The van der Waals surface area contributed by atoms with E-state index in [4.69, 9.17) is 11.6 Å². The lowest BCUT2D eigenvalue weighted by atomic mass is 10.2. The number of hydrogen-bond acceptors (Lipinski definition) is 4. The normalized spacial score (nSPS) is 11.8. The largest absolute Gasteiger partial charge is 0.393 e. The lowest BCUT2D eigenvalue weighted by molar-refractivity contribution is -0.384. The molecule has 1 unspecified atom stereocenters. The molecule has 8 heteroatoms. The van der Waals surface area contributed by atoms with Crippen molar-refractivity contribution in [3.8, 4) is 0 Å². The quantitative estimate of drug-likeness (QED) is 0.554. The van der Waals surface area contributed by atoms with Gasteiger partial charge in [-0.2, -0.15) is 0 Å². The van der Waals surface area contributed by atoms with Crippen molar-refractivity contribution in [2.24, 2.45) is 0 Å². The van der Waals surface area contributed by atoms with Crippen molar-refractivity contribution in [1.82, 2.24) is 5.32 Å². The molecule has 2 amide bonds. The fourth-order valence-corrected chi connectivity index (χ4v) is 1.65. The number of amides is 2. The highest BCUT2D eigenvalue weighted by atomic mass is 35.5. The summed E-state index contributed by atoms with van der Waals surface area (Å²) in [7, 11) is 0. The number of halogens is 1. The summed E-state index contributed by atoms with van der Waals surface area (Å²) in [5.74, 6) is 0. The summed E-state index contributed by atoms with van der Waals surface area (Å²) in [6, 6.07) is 3.50. The molecule has 0 fully saturated rings. The zero-order chi connectivity index (χ0) is 15.1. The van der Waals surface area contributed by atoms with Gasteiger partial charge in [-0.15, -0.1) is 0 Å². The van der Waals surface area contributed by atoms with Crippen LogP contribution < -0.4 is 10.6 Å². The van der Waals surface area contributed by atoms with E-state index < -0.39 is 17.1 Å². The Labute approximate surface area is 121 Å². The number of aliphatic hydroxyl groups is 1. The van der Waals surface area contributed by atoms with Gasteiger partial charge >= 0.3 is 6.03 Å². The maximum absolute atomic E-state index is 11.5. The summed E-state index contributed by atoms with van der Waals surface area (Å²) < 4.78 is 0. The van der Waals surface area contributed by atoms with Crippen LogP contribution in [0.2, 0.25) is 5.02 Å². The van der Waals surface area contributed by atoms with Crippen LogP contribution >= 0.6 is 11.6 Å². The molecular formula is C12H16ClN3O4. The van der Waals surface area contributed by atoms with Crippen LogP contribution in [0.25, 0.3) is 0 Å². The number of hydrogen-bond donors (Lipinski definition) is 3. The molecule has 0 spiro atoms. The number of urea groups is 1. The Bertz CT molecular complexity index is 496. The molecule has 1 rings (SSSR count). The monoisotopic (exact) mass is 301 g/mol. The molecule has 1 aromatic carbocycles. The molecule has 1 atom stereocenters. The summed E-state index contributed by atoms with van der Waals surface area (Å²) in [4.78, 5) is 21.6. The van der Waals surface area contributed by atoms with E-state index in [0.29, 0.717) is 19.4 Å². The fraction of sp³-hybridized carbons (Fsp3) is 0.417. The summed E-state index contributed by atoms with van der Waals surface area (Å²) in [5.41, 5.74) is 0.000474. The van der Waals surface area contributed by atoms with Crippen LogP contribution in [0.3, 0.4) is 0 Å². The molecule has 0 heterocycles. The third-order valence-electron chi connectivity index (χ3n) is 2.64. The van der Waals surface area contributed by atoms with E-state index >= 15 is 0 Å².